The number of aryl methyl sites for hydroxylation is 1. The van der Waals surface area contributed by atoms with Crippen molar-refractivity contribution in [2.45, 2.75) is 6.92 Å². The van der Waals surface area contributed by atoms with Crippen LogP contribution in [0.1, 0.15) is 11.3 Å². The Morgan fingerprint density at radius 2 is 1.83 bits per heavy atom. The molecule has 1 aromatic heterocycles. The molecule has 1 N–H and O–H groups in total. The number of nitro benzene ring substituents is 1. The number of hydrogen-bond donors (Lipinski definition) is 1. The summed E-state index contributed by atoms with van der Waals surface area (Å²) in [7, 11) is 0. The van der Waals surface area contributed by atoms with Crippen molar-refractivity contribution in [2.24, 2.45) is 0 Å². The molecular weight excluding hydrogens is 410 g/mol. The van der Waals surface area contributed by atoms with Gasteiger partial charge < -0.3 is 9.73 Å². The highest BCUT2D eigenvalue weighted by molar-refractivity contribution is 6.31. The highest BCUT2D eigenvalue weighted by Crippen LogP contribution is 2.29. The maximum atomic E-state index is 12.7. The number of anilines is 1. The Balaban J connectivity index is 1.61. The van der Waals surface area contributed by atoms with Crippen LogP contribution in [0.4, 0.5) is 16.2 Å². The molecule has 150 valence electrons. The van der Waals surface area contributed by atoms with Crippen LogP contribution in [0.3, 0.4) is 0 Å². The summed E-state index contributed by atoms with van der Waals surface area (Å²) in [6.45, 7) is 1.65. The van der Waals surface area contributed by atoms with Crippen molar-refractivity contribution in [3.63, 3.8) is 0 Å². The van der Waals surface area contributed by atoms with E-state index in [4.69, 9.17) is 16.0 Å². The van der Waals surface area contributed by atoms with E-state index < -0.39 is 16.9 Å². The zero-order chi connectivity index (χ0) is 21.4. The zero-order valence-electron chi connectivity index (χ0n) is 15.6. The number of rotatable bonds is 4. The molecule has 9 heteroatoms. The van der Waals surface area contributed by atoms with E-state index in [9.17, 15) is 19.7 Å². The maximum absolute atomic E-state index is 12.7. The van der Waals surface area contributed by atoms with Gasteiger partial charge in [0.25, 0.3) is 11.6 Å². The Kier molecular flexibility index (Phi) is 4.85. The minimum atomic E-state index is -0.588. The smallest absolute Gasteiger partial charge is 0.333 e. The van der Waals surface area contributed by atoms with Crippen LogP contribution >= 0.6 is 11.6 Å². The number of halogens is 1. The second kappa shape index (κ2) is 7.49. The Morgan fingerprint density at radius 3 is 2.53 bits per heavy atom. The molecule has 1 fully saturated rings. The third-order valence-corrected chi connectivity index (χ3v) is 4.82. The topological polar surface area (TPSA) is 106 Å². The number of nitrogens with zero attached hydrogens (tertiary/aromatic N) is 2. The highest BCUT2D eigenvalue weighted by atomic mass is 35.5. The van der Waals surface area contributed by atoms with Crippen LogP contribution in [0.2, 0.25) is 5.02 Å². The summed E-state index contributed by atoms with van der Waals surface area (Å²) in [5.74, 6) is 0.178. The quantitative estimate of drug-likeness (QED) is 0.277. The van der Waals surface area contributed by atoms with E-state index in [0.717, 1.165) is 4.90 Å². The lowest BCUT2D eigenvalue weighted by Gasteiger charge is -2.11. The number of hydrogen-bond acceptors (Lipinski definition) is 5. The number of nitro groups is 1. The van der Waals surface area contributed by atoms with E-state index in [0.29, 0.717) is 33.4 Å². The molecule has 0 saturated carbocycles. The maximum Gasteiger partial charge on any atom is 0.333 e. The summed E-state index contributed by atoms with van der Waals surface area (Å²) in [5.41, 5.74) is 1.49. The van der Waals surface area contributed by atoms with E-state index >= 15 is 0 Å². The van der Waals surface area contributed by atoms with Gasteiger partial charge in [-0.25, -0.2) is 9.69 Å². The van der Waals surface area contributed by atoms with Crippen molar-refractivity contribution in [3.05, 3.63) is 86.8 Å². The summed E-state index contributed by atoms with van der Waals surface area (Å²) < 4.78 is 5.71. The van der Waals surface area contributed by atoms with Crippen LogP contribution in [0.15, 0.2) is 64.7 Å². The summed E-state index contributed by atoms with van der Waals surface area (Å²) in [6.07, 6.45) is 1.41. The molecule has 0 bridgehead atoms. The fourth-order valence-corrected chi connectivity index (χ4v) is 3.17. The van der Waals surface area contributed by atoms with E-state index in [-0.39, 0.29) is 11.4 Å². The van der Waals surface area contributed by atoms with Crippen molar-refractivity contribution in [2.75, 3.05) is 4.90 Å². The lowest BCUT2D eigenvalue weighted by Crippen LogP contribution is -2.30. The monoisotopic (exact) mass is 423 g/mol. The Labute approximate surface area is 175 Å². The average Bonchev–Trinajstić information content (AvgIpc) is 3.28. The molecule has 0 spiro atoms. The number of nitrogens with one attached hydrogen (secondary N) is 1. The molecule has 2 aromatic carbocycles. The van der Waals surface area contributed by atoms with Crippen molar-refractivity contribution < 1.29 is 18.9 Å². The standard InChI is InChI=1S/C21H14ClN3O5/c1-12-2-3-13(10-18(12)25(28)29)19-9-8-16(30-19)11-17-20(26)24(21(27)23-17)15-6-4-14(22)5-7-15/h2-11H,1H3,(H,23,27)/b17-11+. The van der Waals surface area contributed by atoms with Crippen LogP contribution < -0.4 is 10.2 Å². The molecule has 2 heterocycles. The first-order valence-corrected chi connectivity index (χ1v) is 9.19. The van der Waals surface area contributed by atoms with Crippen LogP contribution in [-0.2, 0) is 4.79 Å². The van der Waals surface area contributed by atoms with Gasteiger partial charge in [-0.1, -0.05) is 23.7 Å². The SMILES string of the molecule is Cc1ccc(-c2ccc(/C=C3/NC(=O)N(c4ccc(Cl)cc4)C3=O)o2)cc1[N+](=O)[O-]. The number of imide groups is 1. The molecule has 8 nitrogen and oxygen atoms in total. The Hall–Kier alpha value is -3.91. The summed E-state index contributed by atoms with van der Waals surface area (Å²) in [4.78, 5) is 36.6. The van der Waals surface area contributed by atoms with Gasteiger partial charge in [0.05, 0.1) is 10.6 Å². The molecule has 0 radical (unpaired) electrons. The van der Waals surface area contributed by atoms with Crippen LogP contribution in [0.25, 0.3) is 17.4 Å². The summed E-state index contributed by atoms with van der Waals surface area (Å²) in [6, 6.07) is 13.7. The first kappa shape index (κ1) is 19.4. The molecule has 0 unspecified atom stereocenters. The molecule has 1 saturated heterocycles. The number of benzene rings is 2. The van der Waals surface area contributed by atoms with Crippen molar-refractivity contribution in [1.29, 1.82) is 0 Å². The van der Waals surface area contributed by atoms with Gasteiger partial charge in [-0.05, 0) is 43.3 Å². The molecule has 1 aliphatic heterocycles. The molecule has 3 aromatic rings. The normalized spacial score (nSPS) is 15.0. The van der Waals surface area contributed by atoms with Crippen molar-refractivity contribution in [3.8, 4) is 11.3 Å². The molecular formula is C21H14ClN3O5. The summed E-state index contributed by atoms with van der Waals surface area (Å²) in [5, 5.41) is 14.1. The fraction of sp³-hybridized carbons (Fsp3) is 0.0476. The molecule has 3 amide bonds. The van der Waals surface area contributed by atoms with Gasteiger partial charge in [0.15, 0.2) is 0 Å². The minimum absolute atomic E-state index is 0.0133. The predicted molar refractivity (Wildman–Crippen MR) is 111 cm³/mol. The van der Waals surface area contributed by atoms with Crippen LogP contribution in [0, 0.1) is 17.0 Å². The Bertz CT molecular complexity index is 1210. The Morgan fingerprint density at radius 1 is 1.10 bits per heavy atom. The van der Waals surface area contributed by atoms with Crippen molar-refractivity contribution in [1.82, 2.24) is 5.32 Å². The van der Waals surface area contributed by atoms with E-state index in [2.05, 4.69) is 5.32 Å². The molecule has 0 atom stereocenters. The second-order valence-electron chi connectivity index (χ2n) is 6.57. The minimum Gasteiger partial charge on any atom is -0.457 e. The van der Waals surface area contributed by atoms with Gasteiger partial charge in [0, 0.05) is 28.3 Å². The van der Waals surface area contributed by atoms with E-state index in [1.54, 1.807) is 55.5 Å². The number of carbonyl (C=O) groups is 2. The number of furan rings is 1. The molecule has 30 heavy (non-hydrogen) atoms. The van der Waals surface area contributed by atoms with Gasteiger partial charge in [-0.2, -0.15) is 0 Å². The second-order valence-corrected chi connectivity index (χ2v) is 7.00. The third-order valence-electron chi connectivity index (χ3n) is 4.57. The van der Waals surface area contributed by atoms with Crippen LogP contribution in [-0.4, -0.2) is 16.9 Å². The lowest BCUT2D eigenvalue weighted by molar-refractivity contribution is -0.385. The molecule has 1 aliphatic rings. The lowest BCUT2D eigenvalue weighted by atomic mass is 10.1. The first-order chi connectivity index (χ1) is 14.3. The summed E-state index contributed by atoms with van der Waals surface area (Å²) >= 11 is 5.85. The van der Waals surface area contributed by atoms with Gasteiger partial charge in [0.1, 0.15) is 17.2 Å². The van der Waals surface area contributed by atoms with E-state index in [1.807, 2.05) is 0 Å². The van der Waals surface area contributed by atoms with Gasteiger partial charge in [-0.15, -0.1) is 0 Å². The zero-order valence-corrected chi connectivity index (χ0v) is 16.3. The van der Waals surface area contributed by atoms with Crippen molar-refractivity contribution >= 4 is 41.0 Å². The highest BCUT2D eigenvalue weighted by Gasteiger charge is 2.35. The van der Waals surface area contributed by atoms with Crippen LogP contribution in [0.5, 0.6) is 0 Å². The largest absolute Gasteiger partial charge is 0.457 e. The number of carbonyl (C=O) groups excluding carboxylic acids is 2. The first-order valence-electron chi connectivity index (χ1n) is 8.81. The fourth-order valence-electron chi connectivity index (χ4n) is 3.05. The average molecular weight is 424 g/mol. The van der Waals surface area contributed by atoms with Gasteiger partial charge in [0.2, 0.25) is 0 Å². The van der Waals surface area contributed by atoms with Gasteiger partial charge in [-0.3, -0.25) is 14.9 Å². The molecule has 0 aliphatic carbocycles. The van der Waals surface area contributed by atoms with E-state index in [1.165, 1.54) is 12.1 Å². The predicted octanol–water partition coefficient (Wildman–Crippen LogP) is 4.91. The number of urea groups is 1. The van der Waals surface area contributed by atoms with Gasteiger partial charge >= 0.3 is 6.03 Å². The molecule has 4 rings (SSSR count). The number of amides is 3. The third kappa shape index (κ3) is 3.56.